The van der Waals surface area contributed by atoms with Crippen LogP contribution in [0.3, 0.4) is 0 Å². The van der Waals surface area contributed by atoms with Gasteiger partial charge in [-0.3, -0.25) is 4.79 Å². The van der Waals surface area contributed by atoms with Crippen LogP contribution in [0.5, 0.6) is 11.5 Å². The number of methoxy groups -OCH3 is 1. The molecule has 1 aliphatic heterocycles. The van der Waals surface area contributed by atoms with Gasteiger partial charge in [0.25, 0.3) is 5.91 Å². The van der Waals surface area contributed by atoms with Crippen molar-refractivity contribution in [1.82, 2.24) is 4.90 Å². The highest BCUT2D eigenvalue weighted by Crippen LogP contribution is 2.27. The Morgan fingerprint density at radius 3 is 2.90 bits per heavy atom. The summed E-state index contributed by atoms with van der Waals surface area (Å²) in [6.07, 6.45) is 5.74. The van der Waals surface area contributed by atoms with E-state index in [-0.39, 0.29) is 11.7 Å². The van der Waals surface area contributed by atoms with Crippen LogP contribution in [-0.4, -0.2) is 36.1 Å². The summed E-state index contributed by atoms with van der Waals surface area (Å²) >= 11 is 0. The third-order valence-corrected chi connectivity index (χ3v) is 4.27. The predicted octanol–water partition coefficient (Wildman–Crippen LogP) is 3.44. The summed E-state index contributed by atoms with van der Waals surface area (Å²) in [5.41, 5.74) is 0.336. The monoisotopic (exact) mass is 291 g/mol. The number of carbonyl (C=O) groups excluding carboxylic acids is 1. The van der Waals surface area contributed by atoms with E-state index in [2.05, 4.69) is 6.92 Å². The number of carbonyl (C=O) groups is 1. The predicted molar refractivity (Wildman–Crippen MR) is 82.8 cm³/mol. The molecule has 116 valence electrons. The largest absolute Gasteiger partial charge is 0.507 e. The van der Waals surface area contributed by atoms with E-state index in [1.54, 1.807) is 19.2 Å². The van der Waals surface area contributed by atoms with Gasteiger partial charge in [0.2, 0.25) is 0 Å². The lowest BCUT2D eigenvalue weighted by Crippen LogP contribution is -2.32. The lowest BCUT2D eigenvalue weighted by atomic mass is 9.96. The molecule has 0 spiro atoms. The van der Waals surface area contributed by atoms with Gasteiger partial charge in [-0.15, -0.1) is 0 Å². The number of hydrogen-bond donors (Lipinski definition) is 1. The first-order chi connectivity index (χ1) is 10.2. The van der Waals surface area contributed by atoms with E-state index in [4.69, 9.17) is 4.74 Å². The van der Waals surface area contributed by atoms with Gasteiger partial charge in [0.15, 0.2) is 0 Å². The number of phenolic OH excluding ortho intramolecular Hbond substituents is 1. The Labute approximate surface area is 126 Å². The first-order valence-corrected chi connectivity index (χ1v) is 7.82. The molecule has 4 heteroatoms. The molecule has 21 heavy (non-hydrogen) atoms. The number of aromatic hydroxyl groups is 1. The number of nitrogens with zero attached hydrogens (tertiary/aromatic N) is 1. The van der Waals surface area contributed by atoms with Crippen LogP contribution in [0, 0.1) is 5.92 Å². The highest BCUT2D eigenvalue weighted by Gasteiger charge is 2.23. The second kappa shape index (κ2) is 7.34. The van der Waals surface area contributed by atoms with Crippen LogP contribution >= 0.6 is 0 Å². The molecule has 1 fully saturated rings. The molecule has 1 aromatic rings. The molecule has 1 aromatic carbocycles. The third kappa shape index (κ3) is 3.90. The van der Waals surface area contributed by atoms with Crippen molar-refractivity contribution in [3.63, 3.8) is 0 Å². The fourth-order valence-corrected chi connectivity index (χ4v) is 3.05. The van der Waals surface area contributed by atoms with Crippen molar-refractivity contribution >= 4 is 5.91 Å². The number of hydrogen-bond acceptors (Lipinski definition) is 3. The van der Waals surface area contributed by atoms with Gasteiger partial charge in [0, 0.05) is 13.1 Å². The molecule has 1 saturated heterocycles. The molecule has 0 aliphatic carbocycles. The van der Waals surface area contributed by atoms with Crippen LogP contribution in [0.15, 0.2) is 18.2 Å². The minimum absolute atomic E-state index is 0.0233. The van der Waals surface area contributed by atoms with Crippen molar-refractivity contribution in [2.24, 2.45) is 5.92 Å². The minimum atomic E-state index is -0.0939. The molecule has 1 N–H and O–H groups in total. The molecular formula is C17H25NO3. The van der Waals surface area contributed by atoms with E-state index in [0.717, 1.165) is 31.8 Å². The maximum absolute atomic E-state index is 12.6. The van der Waals surface area contributed by atoms with E-state index in [0.29, 0.717) is 11.3 Å². The first-order valence-electron chi connectivity index (χ1n) is 7.82. The van der Waals surface area contributed by atoms with Crippen LogP contribution in [-0.2, 0) is 0 Å². The third-order valence-electron chi connectivity index (χ3n) is 4.27. The number of rotatable bonds is 4. The molecule has 1 heterocycles. The van der Waals surface area contributed by atoms with Gasteiger partial charge in [-0.2, -0.15) is 0 Å². The van der Waals surface area contributed by atoms with Gasteiger partial charge in [-0.25, -0.2) is 0 Å². The molecule has 1 amide bonds. The van der Waals surface area contributed by atoms with Crippen LogP contribution in [0.4, 0.5) is 0 Å². The minimum Gasteiger partial charge on any atom is -0.507 e. The summed E-state index contributed by atoms with van der Waals surface area (Å²) in [4.78, 5) is 14.5. The fourth-order valence-electron chi connectivity index (χ4n) is 3.05. The number of phenols is 1. The van der Waals surface area contributed by atoms with E-state index >= 15 is 0 Å². The second-order valence-corrected chi connectivity index (χ2v) is 5.76. The van der Waals surface area contributed by atoms with Crippen molar-refractivity contribution in [2.45, 2.75) is 39.0 Å². The summed E-state index contributed by atoms with van der Waals surface area (Å²) in [7, 11) is 1.56. The zero-order valence-electron chi connectivity index (χ0n) is 13.0. The van der Waals surface area contributed by atoms with Crippen LogP contribution in [0.25, 0.3) is 0 Å². The molecule has 1 atom stereocenters. The van der Waals surface area contributed by atoms with Gasteiger partial charge in [-0.05, 0) is 43.4 Å². The molecule has 2 rings (SSSR count). The zero-order chi connectivity index (χ0) is 15.2. The van der Waals surface area contributed by atoms with Crippen molar-refractivity contribution in [3.8, 4) is 11.5 Å². The maximum Gasteiger partial charge on any atom is 0.257 e. The summed E-state index contributed by atoms with van der Waals surface area (Å²) < 4.78 is 5.14. The molecule has 4 nitrogen and oxygen atoms in total. The average molecular weight is 291 g/mol. The first kappa shape index (κ1) is 15.7. The highest BCUT2D eigenvalue weighted by atomic mass is 16.5. The van der Waals surface area contributed by atoms with Crippen LogP contribution in [0.2, 0.25) is 0 Å². The number of benzene rings is 1. The molecule has 0 radical (unpaired) electrons. The molecule has 0 saturated carbocycles. The lowest BCUT2D eigenvalue weighted by Gasteiger charge is -2.21. The Morgan fingerprint density at radius 2 is 2.19 bits per heavy atom. The van der Waals surface area contributed by atoms with Crippen molar-refractivity contribution < 1.29 is 14.6 Å². The Hall–Kier alpha value is -1.71. The number of amides is 1. The van der Waals surface area contributed by atoms with Crippen LogP contribution < -0.4 is 4.74 Å². The van der Waals surface area contributed by atoms with Gasteiger partial charge < -0.3 is 14.7 Å². The summed E-state index contributed by atoms with van der Waals surface area (Å²) in [5.74, 6) is 1.25. The molecular weight excluding hydrogens is 266 g/mol. The molecule has 1 aliphatic rings. The molecule has 0 aromatic heterocycles. The van der Waals surface area contributed by atoms with Gasteiger partial charge in [0.05, 0.1) is 12.7 Å². The number of ether oxygens (including phenoxy) is 1. The topological polar surface area (TPSA) is 49.8 Å². The van der Waals surface area contributed by atoms with E-state index < -0.39 is 0 Å². The SMILES string of the molecule is CCCC1CCCN(C(=O)c2cc(OC)ccc2O)CC1. The lowest BCUT2D eigenvalue weighted by molar-refractivity contribution is 0.0756. The summed E-state index contributed by atoms with van der Waals surface area (Å²) in [6.45, 7) is 3.76. The van der Waals surface area contributed by atoms with Crippen molar-refractivity contribution in [2.75, 3.05) is 20.2 Å². The molecule has 0 bridgehead atoms. The quantitative estimate of drug-likeness (QED) is 0.924. The normalized spacial score (nSPS) is 19.1. The zero-order valence-corrected chi connectivity index (χ0v) is 13.0. The number of likely N-dealkylation sites (tertiary alicyclic amines) is 1. The van der Waals surface area contributed by atoms with Gasteiger partial charge in [0.1, 0.15) is 11.5 Å². The Balaban J connectivity index is 2.09. The Bertz CT molecular complexity index is 487. The van der Waals surface area contributed by atoms with E-state index in [9.17, 15) is 9.90 Å². The summed E-state index contributed by atoms with van der Waals surface area (Å²) in [6, 6.07) is 4.79. The average Bonchev–Trinajstić information content (AvgIpc) is 2.73. The maximum atomic E-state index is 12.6. The standard InChI is InChI=1S/C17H25NO3/c1-3-5-13-6-4-10-18(11-9-13)17(20)15-12-14(21-2)7-8-16(15)19/h7-8,12-13,19H,3-6,9-11H2,1-2H3. The van der Waals surface area contributed by atoms with Gasteiger partial charge >= 0.3 is 0 Å². The van der Waals surface area contributed by atoms with Crippen molar-refractivity contribution in [1.29, 1.82) is 0 Å². The second-order valence-electron chi connectivity index (χ2n) is 5.76. The van der Waals surface area contributed by atoms with E-state index in [1.165, 1.54) is 25.3 Å². The van der Waals surface area contributed by atoms with Gasteiger partial charge in [-0.1, -0.05) is 19.8 Å². The fraction of sp³-hybridized carbons (Fsp3) is 0.588. The smallest absolute Gasteiger partial charge is 0.257 e. The highest BCUT2D eigenvalue weighted by molar-refractivity contribution is 5.97. The Kier molecular flexibility index (Phi) is 5.48. The molecule has 1 unspecified atom stereocenters. The summed E-state index contributed by atoms with van der Waals surface area (Å²) in [5, 5.41) is 9.94. The van der Waals surface area contributed by atoms with Crippen molar-refractivity contribution in [3.05, 3.63) is 23.8 Å². The Morgan fingerprint density at radius 1 is 1.38 bits per heavy atom. The van der Waals surface area contributed by atoms with Crippen LogP contribution in [0.1, 0.15) is 49.4 Å². The van der Waals surface area contributed by atoms with E-state index in [1.807, 2.05) is 4.90 Å².